The molecule has 11 nitrogen and oxygen atoms in total. The Balaban J connectivity index is 1.88. The molecule has 0 aliphatic carbocycles. The molecular formula is C25H29ClFN2O9P. The Morgan fingerprint density at radius 3 is 2.59 bits per heavy atom. The molecule has 39 heavy (non-hydrogen) atoms. The standard InChI is InChI=1S/C25H29ClFN2O9P/c1-16(2)36-22(32)17(3)15-39(34,38-18-8-5-4-6-9-18)35-14-19-21(31)25(26,11-7-12-27)23(37-19)29-13-10-20(30)28-24(29)33/h4-6,8-10,13,16-17,19,21,23,31H,12,14-15H2,1-3H3,(H,28,30,33)/t17-,19-,21+,23-,25?,39+/m1/s1. The van der Waals surface area contributed by atoms with Crippen molar-refractivity contribution in [2.24, 2.45) is 5.92 Å². The molecule has 1 saturated heterocycles. The maximum atomic E-state index is 13.8. The molecule has 2 aromatic rings. The Morgan fingerprint density at radius 1 is 1.28 bits per heavy atom. The Bertz CT molecular complexity index is 1370. The zero-order valence-corrected chi connectivity index (χ0v) is 23.1. The number of nitrogens with zero attached hydrogens (tertiary/aromatic N) is 1. The van der Waals surface area contributed by atoms with Gasteiger partial charge in [0.05, 0.1) is 24.8 Å². The third kappa shape index (κ3) is 7.59. The molecule has 3 rings (SSSR count). The quantitative estimate of drug-likeness (QED) is 0.186. The number of aliphatic hydroxyl groups excluding tert-OH is 1. The van der Waals surface area contributed by atoms with Gasteiger partial charge < -0.3 is 19.1 Å². The number of aromatic amines is 1. The Kier molecular flexibility index (Phi) is 10.2. The number of aliphatic hydroxyl groups is 1. The molecule has 1 unspecified atom stereocenters. The van der Waals surface area contributed by atoms with Gasteiger partial charge in [0.25, 0.3) is 5.56 Å². The maximum absolute atomic E-state index is 13.8. The number of aromatic nitrogens is 2. The average Bonchev–Trinajstić information content (AvgIpc) is 3.11. The van der Waals surface area contributed by atoms with E-state index in [9.17, 15) is 28.4 Å². The molecule has 0 radical (unpaired) electrons. The first-order valence-corrected chi connectivity index (χ1v) is 14.1. The van der Waals surface area contributed by atoms with E-state index in [-0.39, 0.29) is 11.9 Å². The van der Waals surface area contributed by atoms with E-state index < -0.39 is 73.4 Å². The third-order valence-corrected chi connectivity index (χ3v) is 8.10. The summed E-state index contributed by atoms with van der Waals surface area (Å²) in [6.45, 7) is 3.19. The Hall–Kier alpha value is -2.94. The van der Waals surface area contributed by atoms with Crippen molar-refractivity contribution in [3.8, 4) is 17.6 Å². The van der Waals surface area contributed by atoms with Crippen LogP contribution in [-0.4, -0.2) is 63.3 Å². The van der Waals surface area contributed by atoms with Gasteiger partial charge in [0.2, 0.25) is 0 Å². The van der Waals surface area contributed by atoms with Gasteiger partial charge in [-0.15, -0.1) is 0 Å². The number of ether oxygens (including phenoxy) is 2. The lowest BCUT2D eigenvalue weighted by Gasteiger charge is -2.26. The topological polar surface area (TPSA) is 146 Å². The second kappa shape index (κ2) is 12.9. The Labute approximate surface area is 228 Å². The monoisotopic (exact) mass is 586 g/mol. The van der Waals surface area contributed by atoms with E-state index in [1.54, 1.807) is 44.2 Å². The fourth-order valence-electron chi connectivity index (χ4n) is 3.77. The van der Waals surface area contributed by atoms with Gasteiger partial charge in [-0.2, -0.15) is 0 Å². The molecule has 14 heteroatoms. The molecule has 1 aromatic heterocycles. The first-order chi connectivity index (χ1) is 18.4. The second-order valence-corrected chi connectivity index (χ2v) is 11.7. The number of halogens is 2. The molecule has 0 amide bonds. The summed E-state index contributed by atoms with van der Waals surface area (Å²) < 4.78 is 49.9. The van der Waals surface area contributed by atoms with Crippen molar-refractivity contribution in [3.05, 3.63) is 63.4 Å². The lowest BCUT2D eigenvalue weighted by atomic mass is 9.99. The maximum Gasteiger partial charge on any atom is 0.380 e. The van der Waals surface area contributed by atoms with Crippen LogP contribution in [-0.2, 0) is 23.4 Å². The number of hydrogen-bond donors (Lipinski definition) is 2. The minimum Gasteiger partial charge on any atom is -0.463 e. The highest BCUT2D eigenvalue weighted by molar-refractivity contribution is 7.54. The largest absolute Gasteiger partial charge is 0.463 e. The van der Waals surface area contributed by atoms with Crippen molar-refractivity contribution >= 4 is 25.2 Å². The van der Waals surface area contributed by atoms with Crippen molar-refractivity contribution in [1.29, 1.82) is 0 Å². The van der Waals surface area contributed by atoms with Crippen molar-refractivity contribution in [2.45, 2.75) is 50.2 Å². The highest BCUT2D eigenvalue weighted by Crippen LogP contribution is 2.51. The summed E-state index contributed by atoms with van der Waals surface area (Å²) in [5.74, 6) is 3.21. The Morgan fingerprint density at radius 2 is 1.97 bits per heavy atom. The summed E-state index contributed by atoms with van der Waals surface area (Å²) in [4.78, 5) is 36.3. The van der Waals surface area contributed by atoms with E-state index in [4.69, 9.17) is 30.1 Å². The summed E-state index contributed by atoms with van der Waals surface area (Å²) in [5, 5.41) is 11.0. The number of H-pyrrole nitrogens is 1. The zero-order chi connectivity index (χ0) is 28.8. The SMILES string of the molecule is CC(C)OC(=O)[C@H](C)C[P@](=O)(OC[C@H]1O[C@@H](n2ccc(=O)[nH]c2=O)C(Cl)(C#CCF)[C@H]1O)Oc1ccccc1. The number of benzene rings is 1. The lowest BCUT2D eigenvalue weighted by Crippen LogP contribution is -2.44. The van der Waals surface area contributed by atoms with Crippen LogP contribution in [0.2, 0.25) is 0 Å². The molecule has 1 fully saturated rings. The van der Waals surface area contributed by atoms with E-state index in [1.807, 2.05) is 4.98 Å². The van der Waals surface area contributed by atoms with E-state index in [2.05, 4.69) is 11.8 Å². The van der Waals surface area contributed by atoms with Gasteiger partial charge in [-0.25, -0.2) is 13.8 Å². The molecule has 1 aliphatic rings. The van der Waals surface area contributed by atoms with Crippen LogP contribution in [0.5, 0.6) is 5.75 Å². The van der Waals surface area contributed by atoms with Gasteiger partial charge in [-0.1, -0.05) is 48.6 Å². The molecule has 2 N–H and O–H groups in total. The number of alkyl halides is 2. The smallest absolute Gasteiger partial charge is 0.380 e. The lowest BCUT2D eigenvalue weighted by molar-refractivity contribution is -0.151. The summed E-state index contributed by atoms with van der Waals surface area (Å²) in [6.07, 6.45) is -4.16. The van der Waals surface area contributed by atoms with Crippen molar-refractivity contribution < 1.29 is 37.4 Å². The number of carbonyl (C=O) groups is 1. The predicted molar refractivity (Wildman–Crippen MR) is 139 cm³/mol. The van der Waals surface area contributed by atoms with Crippen molar-refractivity contribution in [2.75, 3.05) is 19.4 Å². The molecule has 0 spiro atoms. The van der Waals surface area contributed by atoms with E-state index in [0.29, 0.717) is 0 Å². The van der Waals surface area contributed by atoms with E-state index >= 15 is 0 Å². The first kappa shape index (κ1) is 30.6. The third-order valence-electron chi connectivity index (χ3n) is 5.57. The second-order valence-electron chi connectivity index (χ2n) is 9.07. The van der Waals surface area contributed by atoms with Crippen LogP contribution in [0.3, 0.4) is 0 Å². The van der Waals surface area contributed by atoms with Gasteiger partial charge in [0.15, 0.2) is 11.1 Å². The highest BCUT2D eigenvalue weighted by atomic mass is 35.5. The average molecular weight is 587 g/mol. The van der Waals surface area contributed by atoms with Crippen LogP contribution in [0.1, 0.15) is 27.0 Å². The minimum absolute atomic E-state index is 0.205. The predicted octanol–water partition coefficient (Wildman–Crippen LogP) is 2.62. The number of hydrogen-bond acceptors (Lipinski definition) is 9. The van der Waals surface area contributed by atoms with Crippen LogP contribution < -0.4 is 15.8 Å². The zero-order valence-electron chi connectivity index (χ0n) is 21.4. The first-order valence-electron chi connectivity index (χ1n) is 12.0. The molecule has 1 aliphatic heterocycles. The number of nitrogens with one attached hydrogen (secondary N) is 1. The summed E-state index contributed by atoms with van der Waals surface area (Å²) >= 11 is 6.58. The fourth-order valence-corrected chi connectivity index (χ4v) is 6.01. The van der Waals surface area contributed by atoms with Crippen LogP contribution in [0.25, 0.3) is 0 Å². The molecule has 6 atom stereocenters. The van der Waals surface area contributed by atoms with Gasteiger partial charge in [-0.05, 0) is 26.0 Å². The van der Waals surface area contributed by atoms with Gasteiger partial charge >= 0.3 is 19.3 Å². The molecule has 0 bridgehead atoms. The molecule has 2 heterocycles. The number of rotatable bonds is 10. The number of para-hydroxylation sites is 1. The minimum atomic E-state index is -4.09. The van der Waals surface area contributed by atoms with Crippen molar-refractivity contribution in [3.63, 3.8) is 0 Å². The summed E-state index contributed by atoms with van der Waals surface area (Å²) in [5.41, 5.74) is -1.60. The molecule has 212 valence electrons. The molecular weight excluding hydrogens is 558 g/mol. The van der Waals surface area contributed by atoms with Crippen LogP contribution in [0.4, 0.5) is 4.39 Å². The number of carbonyl (C=O) groups excluding carboxylic acids is 1. The fraction of sp³-hybridized carbons (Fsp3) is 0.480. The van der Waals surface area contributed by atoms with Crippen LogP contribution >= 0.6 is 19.2 Å². The van der Waals surface area contributed by atoms with Crippen molar-refractivity contribution in [1.82, 2.24) is 9.55 Å². The van der Waals surface area contributed by atoms with Gasteiger partial charge in [0.1, 0.15) is 24.6 Å². The van der Waals surface area contributed by atoms with E-state index in [0.717, 1.165) is 16.8 Å². The summed E-state index contributed by atoms with van der Waals surface area (Å²) in [7, 11) is -4.09. The molecule has 0 saturated carbocycles. The van der Waals surface area contributed by atoms with Crippen LogP contribution in [0.15, 0.2) is 52.2 Å². The van der Waals surface area contributed by atoms with Gasteiger partial charge in [-0.3, -0.25) is 23.7 Å². The molecule has 1 aromatic carbocycles. The van der Waals surface area contributed by atoms with Crippen LogP contribution in [0, 0.1) is 17.8 Å². The number of esters is 1. The summed E-state index contributed by atoms with van der Waals surface area (Å²) in [6, 6.07) is 9.14. The highest BCUT2D eigenvalue weighted by Gasteiger charge is 2.56. The van der Waals surface area contributed by atoms with E-state index in [1.165, 1.54) is 6.92 Å². The van der Waals surface area contributed by atoms with Gasteiger partial charge in [0, 0.05) is 12.3 Å². The normalized spacial score (nSPS) is 24.8.